The monoisotopic (exact) mass is 516 g/mol. The van der Waals surface area contributed by atoms with Crippen LogP contribution in [0.25, 0.3) is 22.0 Å². The molecule has 6 heteroatoms. The molecule has 0 fully saturated rings. The minimum atomic E-state index is -0.857. The molecule has 0 saturated heterocycles. The van der Waals surface area contributed by atoms with Crippen molar-refractivity contribution in [2.75, 3.05) is 11.4 Å². The number of hydrogen-bond acceptors (Lipinski definition) is 3. The van der Waals surface area contributed by atoms with Crippen LogP contribution in [0.2, 0.25) is 5.02 Å². The van der Waals surface area contributed by atoms with E-state index in [2.05, 4.69) is 53.6 Å². The lowest BCUT2D eigenvalue weighted by Crippen LogP contribution is -2.32. The van der Waals surface area contributed by atoms with Crippen molar-refractivity contribution in [3.63, 3.8) is 0 Å². The molecule has 1 aromatic heterocycles. The largest absolute Gasteiger partial charge is 0.487 e. The average Bonchev–Trinajstić information content (AvgIpc) is 3.14. The summed E-state index contributed by atoms with van der Waals surface area (Å²) >= 11 is 6.40. The van der Waals surface area contributed by atoms with Crippen LogP contribution in [0.1, 0.15) is 43.2 Å². The fourth-order valence-electron chi connectivity index (χ4n) is 5.56. The van der Waals surface area contributed by atoms with Crippen LogP contribution < -0.4 is 9.64 Å². The van der Waals surface area contributed by atoms with E-state index in [0.29, 0.717) is 10.8 Å². The highest BCUT2D eigenvalue weighted by molar-refractivity contribution is 6.31. The number of carboxylic acids is 1. The molecule has 192 valence electrons. The summed E-state index contributed by atoms with van der Waals surface area (Å²) in [6.45, 7) is 12.7. The molecule has 5 nitrogen and oxygen atoms in total. The van der Waals surface area contributed by atoms with E-state index in [0.717, 1.165) is 64.2 Å². The van der Waals surface area contributed by atoms with Gasteiger partial charge in [0.05, 0.1) is 17.6 Å². The van der Waals surface area contributed by atoms with Crippen molar-refractivity contribution >= 4 is 34.2 Å². The fraction of sp³-hybridized carbons (Fsp3) is 0.323. The van der Waals surface area contributed by atoms with Gasteiger partial charge in [-0.05, 0) is 81.1 Å². The Hall–Kier alpha value is -3.44. The van der Waals surface area contributed by atoms with Gasteiger partial charge in [0.25, 0.3) is 0 Å². The predicted molar refractivity (Wildman–Crippen MR) is 151 cm³/mol. The molecule has 0 spiro atoms. The first kappa shape index (κ1) is 25.2. The number of aliphatic carboxylic acids is 1. The zero-order chi connectivity index (χ0) is 26.5. The van der Waals surface area contributed by atoms with E-state index in [1.165, 1.54) is 5.56 Å². The first-order valence-corrected chi connectivity index (χ1v) is 13.1. The molecule has 0 saturated carbocycles. The molecule has 5 rings (SSSR count). The first-order chi connectivity index (χ1) is 17.5. The van der Waals surface area contributed by atoms with E-state index < -0.39 is 11.6 Å². The molecule has 1 N–H and O–H groups in total. The second kappa shape index (κ2) is 9.46. The summed E-state index contributed by atoms with van der Waals surface area (Å²) in [4.78, 5) is 14.6. The van der Waals surface area contributed by atoms with Gasteiger partial charge in [0.2, 0.25) is 0 Å². The van der Waals surface area contributed by atoms with E-state index in [1.807, 2.05) is 45.0 Å². The van der Waals surface area contributed by atoms with Crippen molar-refractivity contribution in [1.82, 2.24) is 4.57 Å². The Morgan fingerprint density at radius 2 is 1.78 bits per heavy atom. The Bertz CT molecular complexity index is 1500. The van der Waals surface area contributed by atoms with Crippen molar-refractivity contribution < 1.29 is 14.6 Å². The smallest absolute Gasteiger partial charge is 0.307 e. The minimum Gasteiger partial charge on any atom is -0.487 e. The number of nitrogens with zero attached hydrogens (tertiary/aromatic N) is 2. The van der Waals surface area contributed by atoms with Gasteiger partial charge in [-0.25, -0.2) is 0 Å². The lowest BCUT2D eigenvalue weighted by atomic mass is 9.88. The maximum Gasteiger partial charge on any atom is 0.307 e. The Labute approximate surface area is 223 Å². The molecule has 0 amide bonds. The Kier molecular flexibility index (Phi) is 6.45. The van der Waals surface area contributed by atoms with Crippen molar-refractivity contribution in [2.24, 2.45) is 0 Å². The van der Waals surface area contributed by atoms with E-state index in [-0.39, 0.29) is 6.42 Å². The number of aryl methyl sites for hydroxylation is 1. The number of rotatable bonds is 6. The number of anilines is 1. The van der Waals surface area contributed by atoms with Crippen molar-refractivity contribution in [2.45, 2.75) is 59.7 Å². The van der Waals surface area contributed by atoms with Crippen LogP contribution in [-0.4, -0.2) is 27.8 Å². The van der Waals surface area contributed by atoms with E-state index in [9.17, 15) is 9.90 Å². The van der Waals surface area contributed by atoms with Gasteiger partial charge in [-0.3, -0.25) is 4.79 Å². The zero-order valence-corrected chi connectivity index (χ0v) is 22.8. The third-order valence-electron chi connectivity index (χ3n) is 6.99. The van der Waals surface area contributed by atoms with Gasteiger partial charge in [0.15, 0.2) is 0 Å². The molecule has 1 aliphatic rings. The van der Waals surface area contributed by atoms with Crippen LogP contribution >= 0.6 is 11.6 Å². The van der Waals surface area contributed by atoms with Crippen LogP contribution in [0.4, 0.5) is 5.69 Å². The lowest BCUT2D eigenvalue weighted by molar-refractivity contribution is -0.136. The van der Waals surface area contributed by atoms with Crippen LogP contribution in [-0.2, 0) is 24.3 Å². The number of aromatic nitrogens is 1. The number of carboxylic acid groups (broad SMARTS) is 1. The van der Waals surface area contributed by atoms with Gasteiger partial charge in [-0.1, -0.05) is 41.9 Å². The summed E-state index contributed by atoms with van der Waals surface area (Å²) in [6.07, 6.45) is -0.0783. The lowest BCUT2D eigenvalue weighted by Gasteiger charge is -2.34. The summed E-state index contributed by atoms with van der Waals surface area (Å²) in [5, 5.41) is 11.6. The Morgan fingerprint density at radius 1 is 1.05 bits per heavy atom. The van der Waals surface area contributed by atoms with E-state index >= 15 is 0 Å². The van der Waals surface area contributed by atoms with Gasteiger partial charge in [0, 0.05) is 41.3 Å². The standard InChI is InChI=1S/C31H33ClN2O3/c1-19-15-25-28(23-12-11-22(32)16-26(23)37-31(3,4)5)24(17-27(35)36)20(2)29-30(25)34(19)14-13-33(29)18-21-9-7-6-8-10-21/h6-12,15-16H,13-14,17-18H2,1-5H3,(H,35,36). The second-order valence-electron chi connectivity index (χ2n) is 10.9. The molecule has 3 aromatic carbocycles. The molecular weight excluding hydrogens is 484 g/mol. The zero-order valence-electron chi connectivity index (χ0n) is 22.1. The van der Waals surface area contributed by atoms with Gasteiger partial charge in [-0.2, -0.15) is 0 Å². The number of ether oxygens (including phenoxy) is 1. The van der Waals surface area contributed by atoms with Crippen molar-refractivity contribution in [3.05, 3.63) is 82.0 Å². The summed E-state index contributed by atoms with van der Waals surface area (Å²) in [5.74, 6) is -0.201. The maximum absolute atomic E-state index is 12.2. The number of halogens is 1. The molecular formula is C31H33ClN2O3. The maximum atomic E-state index is 12.2. The van der Waals surface area contributed by atoms with E-state index in [4.69, 9.17) is 16.3 Å². The topological polar surface area (TPSA) is 54.7 Å². The first-order valence-electron chi connectivity index (χ1n) is 12.7. The third kappa shape index (κ3) is 4.80. The number of carbonyl (C=O) groups is 1. The SMILES string of the molecule is Cc1c(CC(=O)O)c(-c2ccc(Cl)cc2OC(C)(C)C)c2cc(C)n3c2c1N(Cc1ccccc1)CC3. The third-order valence-corrected chi connectivity index (χ3v) is 7.23. The molecule has 4 aromatic rings. The van der Waals surface area contributed by atoms with E-state index in [1.54, 1.807) is 0 Å². The average molecular weight is 517 g/mol. The predicted octanol–water partition coefficient (Wildman–Crippen LogP) is 7.40. The molecule has 0 aliphatic carbocycles. The van der Waals surface area contributed by atoms with Crippen LogP contribution in [0.3, 0.4) is 0 Å². The molecule has 0 radical (unpaired) electrons. The highest BCUT2D eigenvalue weighted by atomic mass is 35.5. The minimum absolute atomic E-state index is 0.0783. The second-order valence-corrected chi connectivity index (χ2v) is 11.3. The number of hydrogen-bond donors (Lipinski definition) is 1. The van der Waals surface area contributed by atoms with Crippen molar-refractivity contribution in [3.8, 4) is 16.9 Å². The van der Waals surface area contributed by atoms with Gasteiger partial charge in [0.1, 0.15) is 11.4 Å². The summed E-state index contributed by atoms with van der Waals surface area (Å²) in [5.41, 5.74) is 7.80. The van der Waals surface area contributed by atoms with Crippen LogP contribution in [0.5, 0.6) is 5.75 Å². The summed E-state index contributed by atoms with van der Waals surface area (Å²) < 4.78 is 8.74. The van der Waals surface area contributed by atoms with Gasteiger partial charge < -0.3 is 19.3 Å². The molecule has 2 heterocycles. The quantitative estimate of drug-likeness (QED) is 0.290. The number of benzene rings is 3. The summed E-state index contributed by atoms with van der Waals surface area (Å²) in [7, 11) is 0. The van der Waals surface area contributed by atoms with Crippen molar-refractivity contribution in [1.29, 1.82) is 0 Å². The fourth-order valence-corrected chi connectivity index (χ4v) is 5.72. The highest BCUT2D eigenvalue weighted by Crippen LogP contribution is 2.48. The summed E-state index contributed by atoms with van der Waals surface area (Å²) in [6, 6.07) is 18.3. The highest BCUT2D eigenvalue weighted by Gasteiger charge is 2.30. The molecule has 37 heavy (non-hydrogen) atoms. The molecule has 0 unspecified atom stereocenters. The van der Waals surface area contributed by atoms with Gasteiger partial charge in [-0.15, -0.1) is 0 Å². The van der Waals surface area contributed by atoms with Gasteiger partial charge >= 0.3 is 5.97 Å². The Balaban J connectivity index is 1.82. The normalized spacial score (nSPS) is 13.3. The Morgan fingerprint density at radius 3 is 2.46 bits per heavy atom. The van der Waals surface area contributed by atoms with Crippen LogP contribution in [0.15, 0.2) is 54.6 Å². The van der Waals surface area contributed by atoms with Crippen LogP contribution in [0, 0.1) is 13.8 Å². The molecule has 0 atom stereocenters. The molecule has 1 aliphatic heterocycles. The molecule has 0 bridgehead atoms.